The summed E-state index contributed by atoms with van der Waals surface area (Å²) in [7, 11) is 10.0. The van der Waals surface area contributed by atoms with Crippen LogP contribution in [0.2, 0.25) is 12.5 Å². The van der Waals surface area contributed by atoms with E-state index < -0.39 is 0 Å². The number of nitrogens with one attached hydrogen (secondary N) is 1. The van der Waals surface area contributed by atoms with Gasteiger partial charge in [-0.05, 0) is 18.1 Å². The monoisotopic (exact) mass is 465 g/mol. The Morgan fingerprint density at radius 3 is 1.32 bits per heavy atom. The minimum absolute atomic E-state index is 0.696. The first-order valence-electron chi connectivity index (χ1n) is 15.3. The van der Waals surface area contributed by atoms with Crippen LogP contribution in [0.3, 0.4) is 0 Å². The fourth-order valence-corrected chi connectivity index (χ4v) is 4.74. The van der Waals surface area contributed by atoms with E-state index in [4.69, 9.17) is 7.85 Å². The van der Waals surface area contributed by atoms with Crippen LogP contribution in [0, 0.1) is 5.92 Å². The molecule has 0 saturated carbocycles. The lowest BCUT2D eigenvalue weighted by molar-refractivity contribution is 0.392. The van der Waals surface area contributed by atoms with Gasteiger partial charge >= 0.3 is 0 Å². The number of unbranched alkanes of at least 4 members (excludes halogenated alkanes) is 16. The quantitative estimate of drug-likeness (QED) is 0.109. The first kappa shape index (κ1) is 33.5. The summed E-state index contributed by atoms with van der Waals surface area (Å²) in [5, 5.41) is 0. The Kier molecular flexibility index (Phi) is 30.0. The van der Waals surface area contributed by atoms with Gasteiger partial charge in [0.1, 0.15) is 0 Å². The van der Waals surface area contributed by atoms with Crippen LogP contribution in [0.1, 0.15) is 149 Å². The maximum Gasteiger partial charge on any atom is 0.0643 e. The molecule has 0 fully saturated rings. The van der Waals surface area contributed by atoms with Gasteiger partial charge in [0.15, 0.2) is 0 Å². The highest BCUT2D eigenvalue weighted by molar-refractivity contribution is 7.02. The topological polar surface area (TPSA) is 15.8 Å². The molecule has 1 atom stereocenters. The fourth-order valence-electron chi connectivity index (χ4n) is 4.74. The Hall–Kier alpha value is -0.525. The van der Waals surface area contributed by atoms with E-state index in [9.17, 15) is 0 Å². The van der Waals surface area contributed by atoms with Crippen molar-refractivity contribution in [2.24, 2.45) is 5.92 Å². The van der Waals surface area contributed by atoms with Crippen LogP contribution in [0.4, 0.5) is 0 Å². The molecule has 34 heavy (non-hydrogen) atoms. The lowest BCUT2D eigenvalue weighted by atomic mass is 9.34. The van der Waals surface area contributed by atoms with E-state index in [0.717, 1.165) is 5.92 Å². The fraction of sp³-hybridized carbons (Fsp3) is 0.867. The molecule has 0 spiro atoms. The van der Waals surface area contributed by atoms with Gasteiger partial charge < -0.3 is 4.98 Å². The molecule has 0 aliphatic carbocycles. The molecule has 1 unspecified atom stereocenters. The molecule has 1 aromatic heterocycles. The lowest BCUT2D eigenvalue weighted by Gasteiger charge is -2.17. The van der Waals surface area contributed by atoms with Crippen molar-refractivity contribution >= 4 is 22.2 Å². The normalized spacial score (nSPS) is 11.6. The van der Waals surface area contributed by atoms with Gasteiger partial charge in [0.2, 0.25) is 0 Å². The van der Waals surface area contributed by atoms with Crippen molar-refractivity contribution < 1.29 is 0 Å². The average Bonchev–Trinajstić information content (AvgIpc) is 3.44. The number of hydrogen-bond donors (Lipinski definition) is 1. The summed E-state index contributed by atoms with van der Waals surface area (Å²) in [6.07, 6.45) is 36.0. The first-order valence-corrected chi connectivity index (χ1v) is 15.3. The average molecular weight is 465 g/mol. The second-order valence-electron chi connectivity index (χ2n) is 10.3. The third kappa shape index (κ3) is 27.7. The molecule has 0 aliphatic heterocycles. The third-order valence-electron chi connectivity index (χ3n) is 6.97. The molecule has 192 valence electrons. The molecular formula is C30H58B3N. The van der Waals surface area contributed by atoms with E-state index in [2.05, 4.69) is 33.2 Å². The molecule has 0 aliphatic rings. The Morgan fingerprint density at radius 2 is 0.971 bits per heavy atom. The SMILES string of the molecule is [B]C[B][B]CCC(CCCCCCCCCC)CCCCCCCCCCCC.c1cc[nH]c1. The molecule has 0 aromatic carbocycles. The standard InChI is InChI=1S/C26H53B3.C4H5N/c1-3-5-7-9-11-13-14-16-18-20-22-26(23-24-28-29-25-27)21-19-17-15-12-10-8-6-4-2;1-2-4-5-3-1/h26H,3-25H2,1-2H3;1-5H. The molecule has 1 nitrogen and oxygen atoms in total. The van der Waals surface area contributed by atoms with Crippen LogP contribution in [0.25, 0.3) is 0 Å². The van der Waals surface area contributed by atoms with Crippen LogP contribution in [-0.4, -0.2) is 27.2 Å². The van der Waals surface area contributed by atoms with Crippen molar-refractivity contribution in [1.29, 1.82) is 0 Å². The Morgan fingerprint density at radius 1 is 0.559 bits per heavy atom. The summed E-state index contributed by atoms with van der Waals surface area (Å²) in [6, 6.07) is 3.89. The number of aromatic nitrogens is 1. The van der Waals surface area contributed by atoms with E-state index in [-0.39, 0.29) is 0 Å². The van der Waals surface area contributed by atoms with Gasteiger partial charge in [0, 0.05) is 12.4 Å². The van der Waals surface area contributed by atoms with Gasteiger partial charge in [-0.2, -0.15) is 0 Å². The molecule has 4 heteroatoms. The smallest absolute Gasteiger partial charge is 0.0643 e. The lowest BCUT2D eigenvalue weighted by Crippen LogP contribution is -2.07. The predicted molar refractivity (Wildman–Crippen MR) is 159 cm³/mol. The van der Waals surface area contributed by atoms with Crippen molar-refractivity contribution in [3.05, 3.63) is 24.5 Å². The number of aromatic amines is 1. The van der Waals surface area contributed by atoms with Crippen LogP contribution in [-0.2, 0) is 0 Å². The zero-order valence-corrected chi connectivity index (χ0v) is 23.4. The van der Waals surface area contributed by atoms with Crippen LogP contribution >= 0.6 is 0 Å². The van der Waals surface area contributed by atoms with E-state index >= 15 is 0 Å². The molecule has 1 heterocycles. The molecule has 1 aromatic rings. The van der Waals surface area contributed by atoms with E-state index in [1.54, 1.807) is 0 Å². The molecule has 0 bridgehead atoms. The second kappa shape index (κ2) is 30.5. The highest BCUT2D eigenvalue weighted by Crippen LogP contribution is 2.23. The molecule has 1 rings (SSSR count). The summed E-state index contributed by atoms with van der Waals surface area (Å²) in [5.74, 6) is 0.951. The van der Waals surface area contributed by atoms with Crippen molar-refractivity contribution in [2.75, 3.05) is 0 Å². The third-order valence-corrected chi connectivity index (χ3v) is 6.97. The summed E-state index contributed by atoms with van der Waals surface area (Å²) >= 11 is 0. The molecule has 4 radical (unpaired) electrons. The molecule has 1 N–H and O–H groups in total. The highest BCUT2D eigenvalue weighted by Gasteiger charge is 2.09. The van der Waals surface area contributed by atoms with Crippen LogP contribution < -0.4 is 0 Å². The van der Waals surface area contributed by atoms with Crippen molar-refractivity contribution in [3.63, 3.8) is 0 Å². The summed E-state index contributed by atoms with van der Waals surface area (Å²) in [6.45, 7) is 4.61. The molecular weight excluding hydrogens is 407 g/mol. The van der Waals surface area contributed by atoms with Crippen molar-refractivity contribution in [2.45, 2.75) is 161 Å². The molecule has 0 amide bonds. The summed E-state index contributed by atoms with van der Waals surface area (Å²) in [4.78, 5) is 2.86. The summed E-state index contributed by atoms with van der Waals surface area (Å²) < 4.78 is 0. The Labute approximate surface area is 218 Å². The maximum absolute atomic E-state index is 5.59. The molecule has 0 saturated heterocycles. The second-order valence-corrected chi connectivity index (χ2v) is 10.3. The van der Waals surface area contributed by atoms with E-state index in [1.165, 1.54) is 141 Å². The van der Waals surface area contributed by atoms with Gasteiger partial charge in [0.25, 0.3) is 0 Å². The van der Waals surface area contributed by atoms with E-state index in [0.29, 0.717) is 6.22 Å². The zero-order valence-electron chi connectivity index (χ0n) is 23.4. The zero-order chi connectivity index (χ0) is 24.8. The highest BCUT2D eigenvalue weighted by atomic mass is 14.6. The Balaban J connectivity index is 0.00000190. The number of hydrogen-bond acceptors (Lipinski definition) is 0. The van der Waals surface area contributed by atoms with Gasteiger partial charge in [-0.3, -0.25) is 0 Å². The minimum Gasteiger partial charge on any atom is -0.368 e. The summed E-state index contributed by atoms with van der Waals surface area (Å²) in [5.41, 5.74) is 0. The van der Waals surface area contributed by atoms with Crippen molar-refractivity contribution in [1.82, 2.24) is 4.98 Å². The largest absolute Gasteiger partial charge is 0.368 e. The minimum atomic E-state index is 0.696. The van der Waals surface area contributed by atoms with Gasteiger partial charge in [0.05, 0.1) is 22.2 Å². The van der Waals surface area contributed by atoms with Gasteiger partial charge in [-0.15, -0.1) is 6.22 Å². The van der Waals surface area contributed by atoms with Crippen molar-refractivity contribution in [3.8, 4) is 0 Å². The van der Waals surface area contributed by atoms with E-state index in [1.807, 2.05) is 24.5 Å². The Bertz CT molecular complexity index is 421. The van der Waals surface area contributed by atoms with Crippen LogP contribution in [0.15, 0.2) is 24.5 Å². The maximum atomic E-state index is 5.59. The number of rotatable bonds is 25. The predicted octanol–water partition coefficient (Wildman–Crippen LogP) is 10.1. The number of H-pyrrole nitrogens is 1. The van der Waals surface area contributed by atoms with Gasteiger partial charge in [-0.25, -0.2) is 0 Å². The first-order chi connectivity index (χ1) is 16.8. The van der Waals surface area contributed by atoms with Crippen LogP contribution in [0.5, 0.6) is 0 Å². The van der Waals surface area contributed by atoms with Gasteiger partial charge in [-0.1, -0.05) is 155 Å².